The van der Waals surface area contributed by atoms with Crippen LogP contribution in [0, 0.1) is 0 Å². The van der Waals surface area contributed by atoms with Crippen LogP contribution in [-0.2, 0) is 6.42 Å². The topological polar surface area (TPSA) is 26.0 Å². The standard InChI is InChI=1S/C12H19NS/c1-2-3-6-11-8-10-14-12(11)7-4-5-9-13/h4,7-8,10H,2-3,5-6,9,13H2,1H3. The molecule has 2 heteroatoms. The lowest BCUT2D eigenvalue weighted by molar-refractivity contribution is 0.796. The number of aryl methyl sites for hydroxylation is 1. The van der Waals surface area contributed by atoms with Crippen LogP contribution in [0.15, 0.2) is 17.5 Å². The lowest BCUT2D eigenvalue weighted by atomic mass is 10.1. The zero-order valence-electron chi connectivity index (χ0n) is 8.83. The van der Waals surface area contributed by atoms with Gasteiger partial charge >= 0.3 is 0 Å². The first-order valence-corrected chi connectivity index (χ1v) is 6.19. The molecule has 1 aromatic heterocycles. The highest BCUT2D eigenvalue weighted by atomic mass is 32.1. The van der Waals surface area contributed by atoms with Crippen molar-refractivity contribution in [3.63, 3.8) is 0 Å². The highest BCUT2D eigenvalue weighted by Crippen LogP contribution is 2.20. The Kier molecular flexibility index (Phi) is 5.57. The van der Waals surface area contributed by atoms with Crippen LogP contribution < -0.4 is 5.73 Å². The van der Waals surface area contributed by atoms with Gasteiger partial charge in [-0.15, -0.1) is 11.3 Å². The minimum atomic E-state index is 0.742. The second-order valence-corrected chi connectivity index (χ2v) is 4.34. The Labute approximate surface area is 90.6 Å². The minimum Gasteiger partial charge on any atom is -0.330 e. The molecule has 0 atom stereocenters. The van der Waals surface area contributed by atoms with Gasteiger partial charge in [0.2, 0.25) is 0 Å². The van der Waals surface area contributed by atoms with E-state index in [9.17, 15) is 0 Å². The van der Waals surface area contributed by atoms with Gasteiger partial charge in [-0.05, 0) is 48.9 Å². The summed E-state index contributed by atoms with van der Waals surface area (Å²) in [5.41, 5.74) is 6.93. The maximum atomic E-state index is 5.44. The molecule has 0 aliphatic carbocycles. The molecule has 0 aliphatic heterocycles. The minimum absolute atomic E-state index is 0.742. The Morgan fingerprint density at radius 1 is 1.50 bits per heavy atom. The molecule has 2 N–H and O–H groups in total. The number of nitrogens with two attached hydrogens (primary N) is 1. The van der Waals surface area contributed by atoms with E-state index < -0.39 is 0 Å². The summed E-state index contributed by atoms with van der Waals surface area (Å²) in [7, 11) is 0. The van der Waals surface area contributed by atoms with E-state index in [1.807, 2.05) is 11.3 Å². The van der Waals surface area contributed by atoms with Gasteiger partial charge in [-0.3, -0.25) is 0 Å². The van der Waals surface area contributed by atoms with Gasteiger partial charge in [-0.2, -0.15) is 0 Å². The van der Waals surface area contributed by atoms with Crippen LogP contribution in [0.5, 0.6) is 0 Å². The molecule has 0 radical (unpaired) electrons. The highest BCUT2D eigenvalue weighted by Gasteiger charge is 1.99. The largest absolute Gasteiger partial charge is 0.330 e. The van der Waals surface area contributed by atoms with E-state index in [4.69, 9.17) is 5.73 Å². The molecule has 78 valence electrons. The van der Waals surface area contributed by atoms with E-state index in [0.717, 1.165) is 13.0 Å². The van der Waals surface area contributed by atoms with Crippen molar-refractivity contribution in [2.45, 2.75) is 32.6 Å². The van der Waals surface area contributed by atoms with Gasteiger partial charge in [0.1, 0.15) is 0 Å². The molecule has 14 heavy (non-hydrogen) atoms. The average molecular weight is 209 g/mol. The van der Waals surface area contributed by atoms with Gasteiger partial charge < -0.3 is 5.73 Å². The summed E-state index contributed by atoms with van der Waals surface area (Å²) < 4.78 is 0. The Balaban J connectivity index is 2.53. The zero-order chi connectivity index (χ0) is 10.2. The van der Waals surface area contributed by atoms with Gasteiger partial charge in [0.25, 0.3) is 0 Å². The summed E-state index contributed by atoms with van der Waals surface area (Å²) in [6.45, 7) is 2.97. The average Bonchev–Trinajstić information content (AvgIpc) is 2.63. The van der Waals surface area contributed by atoms with Crippen molar-refractivity contribution in [2.24, 2.45) is 5.73 Å². The number of hydrogen-bond acceptors (Lipinski definition) is 2. The van der Waals surface area contributed by atoms with Crippen LogP contribution in [0.4, 0.5) is 0 Å². The quantitative estimate of drug-likeness (QED) is 0.763. The first kappa shape index (κ1) is 11.5. The third kappa shape index (κ3) is 3.64. The van der Waals surface area contributed by atoms with Crippen molar-refractivity contribution in [1.82, 2.24) is 0 Å². The van der Waals surface area contributed by atoms with Crippen LogP contribution in [0.2, 0.25) is 0 Å². The van der Waals surface area contributed by atoms with Gasteiger partial charge in [-0.25, -0.2) is 0 Å². The molecule has 0 fully saturated rings. The first-order valence-electron chi connectivity index (χ1n) is 5.31. The Hall–Kier alpha value is -0.600. The molecule has 0 saturated heterocycles. The van der Waals surface area contributed by atoms with E-state index >= 15 is 0 Å². The summed E-state index contributed by atoms with van der Waals surface area (Å²) in [6, 6.07) is 2.24. The lowest BCUT2D eigenvalue weighted by Gasteiger charge is -1.97. The fraction of sp³-hybridized carbons (Fsp3) is 0.500. The van der Waals surface area contributed by atoms with E-state index in [1.54, 1.807) is 0 Å². The Bertz CT molecular complexity index is 276. The van der Waals surface area contributed by atoms with Crippen molar-refractivity contribution >= 4 is 17.4 Å². The smallest absolute Gasteiger partial charge is 0.0299 e. The number of hydrogen-bond donors (Lipinski definition) is 1. The molecule has 1 nitrogen and oxygen atoms in total. The Morgan fingerprint density at radius 3 is 3.07 bits per heavy atom. The van der Waals surface area contributed by atoms with Crippen LogP contribution in [0.3, 0.4) is 0 Å². The third-order valence-corrected chi connectivity index (χ3v) is 3.11. The van der Waals surface area contributed by atoms with E-state index in [2.05, 4.69) is 30.5 Å². The van der Waals surface area contributed by atoms with Gasteiger partial charge in [0.05, 0.1) is 0 Å². The maximum absolute atomic E-state index is 5.44. The molecule has 0 aliphatic rings. The van der Waals surface area contributed by atoms with Crippen LogP contribution in [0.25, 0.3) is 6.08 Å². The van der Waals surface area contributed by atoms with Gasteiger partial charge in [-0.1, -0.05) is 19.4 Å². The molecule has 1 aromatic rings. The molecule has 0 bridgehead atoms. The molecular formula is C12H19NS. The molecule has 0 unspecified atom stereocenters. The summed E-state index contributed by atoms with van der Waals surface area (Å²) >= 11 is 1.82. The van der Waals surface area contributed by atoms with Crippen molar-refractivity contribution in [3.8, 4) is 0 Å². The number of rotatable bonds is 6. The monoisotopic (exact) mass is 209 g/mol. The highest BCUT2D eigenvalue weighted by molar-refractivity contribution is 7.11. The molecule has 0 saturated carbocycles. The third-order valence-electron chi connectivity index (χ3n) is 2.18. The predicted molar refractivity (Wildman–Crippen MR) is 65.6 cm³/mol. The van der Waals surface area contributed by atoms with E-state index in [0.29, 0.717) is 0 Å². The molecule has 0 amide bonds. The van der Waals surface area contributed by atoms with Crippen molar-refractivity contribution < 1.29 is 0 Å². The van der Waals surface area contributed by atoms with E-state index in [1.165, 1.54) is 29.7 Å². The summed E-state index contributed by atoms with van der Waals surface area (Å²) in [6.07, 6.45) is 9.12. The molecule has 1 heterocycles. The van der Waals surface area contributed by atoms with Crippen LogP contribution in [0.1, 0.15) is 36.6 Å². The second kappa shape index (κ2) is 6.80. The molecular weight excluding hydrogens is 190 g/mol. The van der Waals surface area contributed by atoms with Gasteiger partial charge in [0, 0.05) is 4.88 Å². The fourth-order valence-corrected chi connectivity index (χ4v) is 2.23. The van der Waals surface area contributed by atoms with Crippen LogP contribution >= 0.6 is 11.3 Å². The molecule has 0 aromatic carbocycles. The zero-order valence-corrected chi connectivity index (χ0v) is 9.65. The summed E-state index contributed by atoms with van der Waals surface area (Å²) in [4.78, 5) is 1.41. The fourth-order valence-electron chi connectivity index (χ4n) is 1.35. The molecule has 0 spiro atoms. The predicted octanol–water partition coefficient (Wildman–Crippen LogP) is 3.45. The Morgan fingerprint density at radius 2 is 2.36 bits per heavy atom. The molecule has 1 rings (SSSR count). The SMILES string of the molecule is CCCCc1ccsc1C=CCCN. The summed E-state index contributed by atoms with van der Waals surface area (Å²) in [5, 5.41) is 2.17. The van der Waals surface area contributed by atoms with Gasteiger partial charge in [0.15, 0.2) is 0 Å². The van der Waals surface area contributed by atoms with Crippen molar-refractivity contribution in [3.05, 3.63) is 28.0 Å². The van der Waals surface area contributed by atoms with Crippen LogP contribution in [-0.4, -0.2) is 6.54 Å². The first-order chi connectivity index (χ1) is 6.88. The number of unbranched alkanes of at least 4 members (excludes halogenated alkanes) is 1. The van der Waals surface area contributed by atoms with Crippen molar-refractivity contribution in [1.29, 1.82) is 0 Å². The summed E-state index contributed by atoms with van der Waals surface area (Å²) in [5.74, 6) is 0. The number of thiophene rings is 1. The van der Waals surface area contributed by atoms with E-state index in [-0.39, 0.29) is 0 Å². The maximum Gasteiger partial charge on any atom is 0.0299 e. The second-order valence-electron chi connectivity index (χ2n) is 3.39. The normalized spacial score (nSPS) is 11.3. The van der Waals surface area contributed by atoms with Crippen molar-refractivity contribution in [2.75, 3.05) is 6.54 Å². The lowest BCUT2D eigenvalue weighted by Crippen LogP contribution is -1.95.